The summed E-state index contributed by atoms with van der Waals surface area (Å²) in [5, 5.41) is 0. The summed E-state index contributed by atoms with van der Waals surface area (Å²) in [6.45, 7) is 4.00. The molecule has 0 spiro atoms. The van der Waals surface area contributed by atoms with Crippen LogP contribution in [0.2, 0.25) is 0 Å². The van der Waals surface area contributed by atoms with Crippen LogP contribution < -0.4 is 4.90 Å². The lowest BCUT2D eigenvalue weighted by Crippen LogP contribution is -2.15. The third-order valence-corrected chi connectivity index (χ3v) is 2.50. The molecule has 0 saturated carbocycles. The molecule has 0 aliphatic heterocycles. The molecule has 0 unspecified atom stereocenters. The minimum atomic E-state index is -0.0708. The summed E-state index contributed by atoms with van der Waals surface area (Å²) in [6, 6.07) is 7.32. The second-order valence-corrected chi connectivity index (χ2v) is 4.06. The van der Waals surface area contributed by atoms with Gasteiger partial charge in [-0.3, -0.25) is 4.79 Å². The molecule has 0 aromatic carbocycles. The second-order valence-electron chi connectivity index (χ2n) is 4.06. The van der Waals surface area contributed by atoms with Gasteiger partial charge in [-0.25, -0.2) is 0 Å². The van der Waals surface area contributed by atoms with E-state index in [0.29, 0.717) is 18.2 Å². The average Bonchev–Trinajstić information content (AvgIpc) is 2.86. The number of hydrogen-bond donors (Lipinski definition) is 0. The molecule has 0 saturated heterocycles. The van der Waals surface area contributed by atoms with Crippen LogP contribution in [0.5, 0.6) is 0 Å². The van der Waals surface area contributed by atoms with E-state index in [1.54, 1.807) is 12.1 Å². The Labute approximate surface area is 99.8 Å². The highest BCUT2D eigenvalue weighted by atomic mass is 16.4. The first-order valence-corrected chi connectivity index (χ1v) is 5.43. The van der Waals surface area contributed by atoms with Crippen LogP contribution in [0.15, 0.2) is 33.1 Å². The molecule has 2 aromatic heterocycles. The van der Waals surface area contributed by atoms with Gasteiger partial charge in [-0.15, -0.1) is 0 Å². The number of hydrogen-bond acceptors (Lipinski definition) is 4. The number of carbonyl (C=O) groups is 1. The maximum atomic E-state index is 11.1. The Morgan fingerprint density at radius 3 is 2.53 bits per heavy atom. The topological polar surface area (TPSA) is 46.6 Å². The molecule has 0 radical (unpaired) electrons. The molecular weight excluding hydrogens is 218 g/mol. The first-order valence-electron chi connectivity index (χ1n) is 5.43. The van der Waals surface area contributed by atoms with Crippen LogP contribution in [0.25, 0.3) is 0 Å². The van der Waals surface area contributed by atoms with Crippen molar-refractivity contribution >= 4 is 11.7 Å². The van der Waals surface area contributed by atoms with Crippen molar-refractivity contribution in [2.24, 2.45) is 0 Å². The van der Waals surface area contributed by atoms with Crippen molar-refractivity contribution in [1.82, 2.24) is 0 Å². The van der Waals surface area contributed by atoms with Gasteiger partial charge in [0.15, 0.2) is 17.4 Å². The molecule has 2 rings (SSSR count). The Kier molecular flexibility index (Phi) is 3.04. The van der Waals surface area contributed by atoms with Crippen molar-refractivity contribution in [3.8, 4) is 0 Å². The fourth-order valence-corrected chi connectivity index (χ4v) is 1.60. The van der Waals surface area contributed by atoms with Crippen LogP contribution in [0, 0.1) is 6.92 Å². The van der Waals surface area contributed by atoms with Crippen molar-refractivity contribution in [3.63, 3.8) is 0 Å². The maximum Gasteiger partial charge on any atom is 0.196 e. The SMILES string of the molecule is CC(=O)c1ccc(N(C)Cc2ccc(C)o2)o1. The molecule has 0 fully saturated rings. The lowest BCUT2D eigenvalue weighted by molar-refractivity contribution is 0.0988. The van der Waals surface area contributed by atoms with E-state index < -0.39 is 0 Å². The zero-order valence-corrected chi connectivity index (χ0v) is 10.2. The Balaban J connectivity index is 2.08. The maximum absolute atomic E-state index is 11.1. The van der Waals surface area contributed by atoms with E-state index in [0.717, 1.165) is 11.5 Å². The summed E-state index contributed by atoms with van der Waals surface area (Å²) < 4.78 is 10.9. The standard InChI is InChI=1S/C13H15NO3/c1-9-4-5-11(16-9)8-14(3)13-7-6-12(17-13)10(2)15/h4-7H,8H2,1-3H3. The number of carbonyl (C=O) groups excluding carboxylic acids is 1. The van der Waals surface area contributed by atoms with E-state index in [1.165, 1.54) is 6.92 Å². The van der Waals surface area contributed by atoms with E-state index >= 15 is 0 Å². The number of anilines is 1. The number of rotatable bonds is 4. The second kappa shape index (κ2) is 4.49. The Morgan fingerprint density at radius 2 is 2.00 bits per heavy atom. The summed E-state index contributed by atoms with van der Waals surface area (Å²) in [5.41, 5.74) is 0. The molecule has 0 bridgehead atoms. The van der Waals surface area contributed by atoms with Gasteiger partial charge in [0.2, 0.25) is 0 Å². The van der Waals surface area contributed by atoms with Crippen LogP contribution in [-0.4, -0.2) is 12.8 Å². The van der Waals surface area contributed by atoms with Crippen molar-refractivity contribution in [3.05, 3.63) is 41.5 Å². The highest BCUT2D eigenvalue weighted by molar-refractivity contribution is 5.91. The highest BCUT2D eigenvalue weighted by Crippen LogP contribution is 2.20. The lowest BCUT2D eigenvalue weighted by Gasteiger charge is -2.13. The van der Waals surface area contributed by atoms with E-state index in [4.69, 9.17) is 8.83 Å². The van der Waals surface area contributed by atoms with Gasteiger partial charge in [0.1, 0.15) is 11.5 Å². The molecule has 0 N–H and O–H groups in total. The number of aryl methyl sites for hydroxylation is 1. The Hall–Kier alpha value is -1.97. The van der Waals surface area contributed by atoms with Crippen molar-refractivity contribution in [2.45, 2.75) is 20.4 Å². The van der Waals surface area contributed by atoms with Gasteiger partial charge in [0.05, 0.1) is 6.54 Å². The van der Waals surface area contributed by atoms with Crippen molar-refractivity contribution in [1.29, 1.82) is 0 Å². The largest absolute Gasteiger partial charge is 0.464 e. The summed E-state index contributed by atoms with van der Waals surface area (Å²) in [7, 11) is 1.89. The van der Waals surface area contributed by atoms with Crippen LogP contribution in [-0.2, 0) is 6.54 Å². The number of nitrogens with zero attached hydrogens (tertiary/aromatic N) is 1. The van der Waals surface area contributed by atoms with E-state index in [9.17, 15) is 4.79 Å². The van der Waals surface area contributed by atoms with Gasteiger partial charge in [-0.1, -0.05) is 0 Å². The molecule has 2 heterocycles. The molecule has 0 aliphatic carbocycles. The molecular formula is C13H15NO3. The zero-order valence-electron chi connectivity index (χ0n) is 10.2. The van der Waals surface area contributed by atoms with Crippen LogP contribution in [0.1, 0.15) is 29.0 Å². The Bertz CT molecular complexity index is 524. The lowest BCUT2D eigenvalue weighted by atomic mass is 10.3. The van der Waals surface area contributed by atoms with Crippen LogP contribution >= 0.6 is 0 Å². The minimum Gasteiger partial charge on any atom is -0.464 e. The molecule has 0 amide bonds. The molecule has 17 heavy (non-hydrogen) atoms. The molecule has 0 aliphatic rings. The highest BCUT2D eigenvalue weighted by Gasteiger charge is 2.11. The summed E-state index contributed by atoms with van der Waals surface area (Å²) >= 11 is 0. The minimum absolute atomic E-state index is 0.0708. The van der Waals surface area contributed by atoms with Crippen LogP contribution in [0.3, 0.4) is 0 Å². The molecule has 4 heteroatoms. The normalized spacial score (nSPS) is 10.5. The quantitative estimate of drug-likeness (QED) is 0.761. The fourth-order valence-electron chi connectivity index (χ4n) is 1.60. The third kappa shape index (κ3) is 2.58. The van der Waals surface area contributed by atoms with Gasteiger partial charge in [-0.05, 0) is 25.1 Å². The predicted molar refractivity (Wildman–Crippen MR) is 64.3 cm³/mol. The van der Waals surface area contributed by atoms with Gasteiger partial charge in [-0.2, -0.15) is 0 Å². The number of furan rings is 2. The molecule has 90 valence electrons. The molecule has 4 nitrogen and oxygen atoms in total. The van der Waals surface area contributed by atoms with Crippen LogP contribution in [0.4, 0.5) is 5.88 Å². The van der Waals surface area contributed by atoms with Gasteiger partial charge >= 0.3 is 0 Å². The fraction of sp³-hybridized carbons (Fsp3) is 0.308. The van der Waals surface area contributed by atoms with Gasteiger partial charge in [0.25, 0.3) is 0 Å². The summed E-state index contributed by atoms with van der Waals surface area (Å²) in [5.74, 6) is 2.72. The Morgan fingerprint density at radius 1 is 1.24 bits per heavy atom. The van der Waals surface area contributed by atoms with Gasteiger partial charge < -0.3 is 13.7 Å². The van der Waals surface area contributed by atoms with Crippen molar-refractivity contribution in [2.75, 3.05) is 11.9 Å². The first kappa shape index (κ1) is 11.5. The number of Topliss-reactive ketones (excluding diaryl/α,β-unsaturated/α-hetero) is 1. The predicted octanol–water partition coefficient (Wildman–Crippen LogP) is 3.02. The summed E-state index contributed by atoms with van der Waals surface area (Å²) in [4.78, 5) is 13.0. The third-order valence-electron chi connectivity index (χ3n) is 2.50. The van der Waals surface area contributed by atoms with E-state index in [1.807, 2.05) is 31.0 Å². The summed E-state index contributed by atoms with van der Waals surface area (Å²) in [6.07, 6.45) is 0. The average molecular weight is 233 g/mol. The van der Waals surface area contributed by atoms with Gasteiger partial charge in [0, 0.05) is 20.0 Å². The van der Waals surface area contributed by atoms with E-state index in [-0.39, 0.29) is 5.78 Å². The monoisotopic (exact) mass is 233 g/mol. The first-order chi connectivity index (χ1) is 8.06. The number of ketones is 1. The smallest absolute Gasteiger partial charge is 0.196 e. The molecule has 0 atom stereocenters. The van der Waals surface area contributed by atoms with E-state index in [2.05, 4.69) is 0 Å². The zero-order chi connectivity index (χ0) is 12.4. The molecule has 2 aromatic rings. The van der Waals surface area contributed by atoms with Crippen molar-refractivity contribution < 1.29 is 13.6 Å².